The van der Waals surface area contributed by atoms with E-state index in [1.165, 1.54) is 156 Å². The van der Waals surface area contributed by atoms with Gasteiger partial charge in [0.05, 0.1) is 33.8 Å². The summed E-state index contributed by atoms with van der Waals surface area (Å²) < 4.78 is 10.5. The zero-order chi connectivity index (χ0) is 101. The van der Waals surface area contributed by atoms with Crippen molar-refractivity contribution in [3.63, 3.8) is 0 Å². The van der Waals surface area contributed by atoms with Crippen molar-refractivity contribution in [2.24, 2.45) is 0 Å². The van der Waals surface area contributed by atoms with E-state index in [2.05, 4.69) is 385 Å². The molecule has 718 valence electrons. The highest BCUT2D eigenvalue weighted by molar-refractivity contribution is 5.90. The molecule has 0 N–H and O–H groups in total. The first kappa shape index (κ1) is 106. The van der Waals surface area contributed by atoms with Crippen LogP contribution in [0.2, 0.25) is 0 Å². The molecule has 0 saturated heterocycles. The van der Waals surface area contributed by atoms with Crippen LogP contribution in [0.25, 0.3) is 61.3 Å². The van der Waals surface area contributed by atoms with Gasteiger partial charge in [-0.2, -0.15) is 15.2 Å². The summed E-state index contributed by atoms with van der Waals surface area (Å²) in [6.07, 6.45) is 0. The Balaban J connectivity index is 0.000000172. The smallest absolute Gasteiger partial charge is 0.252 e. The highest BCUT2D eigenvalue weighted by Gasteiger charge is 2.26. The molecule has 0 unspecified atom stereocenters. The molecule has 0 aliphatic heterocycles. The zero-order valence-corrected chi connectivity index (χ0v) is 92.0. The maximum atomic E-state index is 4.84. The number of pyridine rings is 6. The van der Waals surface area contributed by atoms with Crippen LogP contribution in [0.3, 0.4) is 0 Å². The Hall–Kier alpha value is -11.2. The average molecular weight is 1810 g/mol. The average Bonchev–Trinajstić information content (AvgIpc) is 1.40. The summed E-state index contributed by atoms with van der Waals surface area (Å²) in [5.41, 5.74) is 56.3. The molecule has 21 heteroatoms. The predicted octanol–water partition coefficient (Wildman–Crippen LogP) is 28.3. The van der Waals surface area contributed by atoms with Crippen molar-refractivity contribution in [2.45, 2.75) is 400 Å². The second-order valence-electron chi connectivity index (χ2n) is 40.5. The highest BCUT2D eigenvalue weighted by atomic mass is 15.3. The van der Waals surface area contributed by atoms with E-state index in [0.29, 0.717) is 53.1 Å². The van der Waals surface area contributed by atoms with Crippen LogP contribution in [0.4, 0.5) is 0 Å². The van der Waals surface area contributed by atoms with Gasteiger partial charge in [-0.25, -0.2) is 53.9 Å². The largest absolute Gasteiger partial charge is 0.302 e. The van der Waals surface area contributed by atoms with Gasteiger partial charge in [0.25, 0.3) is 5.78 Å². The SMILES string of the molecule is Cc1nc2c(C)c(C)c(C)n2c(C)c1C(C)C.Cc1nc2c(C)c(C)nc(C)c2c(C)c1C(C)C.Cc1nc2c(C)c(C)nn2c(C)c1C(C)C.Cc1nc2c(C)nc(C)c(C)c2c(C)c1C(C)C.Cc1nc2c(C)nc(C)n2c(C)c1C(C)C.Cc1nc2nc(C)c(C(C)C)c(C)c2c(C)c1C.Cc1nc2nc(C)c(C(C)C)c(C)n2n1.Cc1nc2nc(C)c(C)n2c(C)c1C(C)C. The van der Waals surface area contributed by atoms with E-state index in [-0.39, 0.29) is 0 Å². The molecule has 0 aromatic carbocycles. The van der Waals surface area contributed by atoms with Gasteiger partial charge in [0.15, 0.2) is 16.9 Å². The fourth-order valence-corrected chi connectivity index (χ4v) is 21.5. The fourth-order valence-electron chi connectivity index (χ4n) is 21.5. The van der Waals surface area contributed by atoms with Gasteiger partial charge in [0.2, 0.25) is 5.78 Å². The normalized spacial score (nSPS) is 11.6. The maximum Gasteiger partial charge on any atom is 0.252 e. The third-order valence-corrected chi connectivity index (χ3v) is 28.0. The molecule has 0 atom stereocenters. The number of hydrogen-bond acceptors (Lipinski definition) is 16. The topological polar surface area (TPSA) is 228 Å². The Bertz CT molecular complexity index is 7120. The Labute approximate surface area is 801 Å². The van der Waals surface area contributed by atoms with Gasteiger partial charge in [-0.1, -0.05) is 111 Å². The second-order valence-corrected chi connectivity index (χ2v) is 40.5. The molecule has 16 heterocycles. The molecular weight excluding hydrogens is 1650 g/mol. The van der Waals surface area contributed by atoms with Gasteiger partial charge in [0.1, 0.15) is 17.3 Å². The summed E-state index contributed by atoms with van der Waals surface area (Å²) in [6, 6.07) is 0. The van der Waals surface area contributed by atoms with Crippen molar-refractivity contribution < 1.29 is 0 Å². The number of aryl methyl sites for hydroxylation is 33. The first-order chi connectivity index (χ1) is 62.2. The van der Waals surface area contributed by atoms with Gasteiger partial charge in [-0.3, -0.25) is 28.7 Å². The molecule has 0 spiro atoms. The lowest BCUT2D eigenvalue weighted by Gasteiger charge is -2.18. The summed E-state index contributed by atoms with van der Waals surface area (Å²) in [4.78, 5) is 64.7. The van der Waals surface area contributed by atoms with Crippen LogP contribution in [-0.2, 0) is 0 Å². The lowest BCUT2D eigenvalue weighted by molar-refractivity contribution is 0.775. The van der Waals surface area contributed by atoms with Gasteiger partial charge < -0.3 is 4.40 Å². The van der Waals surface area contributed by atoms with Crippen molar-refractivity contribution in [3.8, 4) is 0 Å². The number of imidazole rings is 2. The lowest BCUT2D eigenvalue weighted by Crippen LogP contribution is -2.06. The molecule has 16 aromatic heterocycles. The van der Waals surface area contributed by atoms with Crippen molar-refractivity contribution >= 4 is 61.3 Å². The van der Waals surface area contributed by atoms with Crippen LogP contribution < -0.4 is 0 Å². The minimum atomic E-state index is 0.464. The number of aromatic nitrogens is 21. The third kappa shape index (κ3) is 20.8. The van der Waals surface area contributed by atoms with Crippen LogP contribution in [0.15, 0.2) is 0 Å². The van der Waals surface area contributed by atoms with Crippen LogP contribution in [0, 0.1) is 242 Å². The van der Waals surface area contributed by atoms with E-state index in [4.69, 9.17) is 19.9 Å². The monoisotopic (exact) mass is 1810 g/mol. The maximum absolute atomic E-state index is 4.84. The first-order valence-corrected chi connectivity index (χ1v) is 48.6. The molecule has 21 nitrogen and oxygen atoms in total. The molecule has 0 aliphatic carbocycles. The standard InChI is InChI=1S/3C16H22N2.C15H22N2.3C13H19N3.C11H16N4/c1-8(2)14-10(4)15-13(7)17-11(5)9(3)16(15)18-12(14)6;1-8(2)14-10(4)15-9(3)11(5)17-13(7)16(15)18-12(14)6;1-8(2)14-11(5)15-10(4)9(3)12(6)17-16(15)18-13(14)7;1-8(2)14-11(5)16-15-10(4)9(3)12(6)17(15)13(14)7;1-7(2)12-8(3)15-13-9(4)14-11(6)16(13)10(12)5;1-7(2)12-9(4)15-13-14-8(3)10(5)16(13)11(12)6;1-7(2)12-10(5)14-13-8(3)9(4)15-16(13)11(12)6;1-6(2)10-7(3)12-11-13-9(5)14-15(11)8(10)4/h3*8H,1-7H3;8H,1-7H3;3*7H,1-6H3;6H,1-5H3. The van der Waals surface area contributed by atoms with Crippen molar-refractivity contribution in [1.29, 1.82) is 0 Å². The summed E-state index contributed by atoms with van der Waals surface area (Å²) in [6.45, 7) is 109. The number of hydrogen-bond donors (Lipinski definition) is 0. The second kappa shape index (κ2) is 42.0. The van der Waals surface area contributed by atoms with E-state index in [0.717, 1.165) is 142 Å². The number of nitrogens with zero attached hydrogens (tertiary/aromatic N) is 21. The van der Waals surface area contributed by atoms with Crippen LogP contribution in [-0.4, -0.2) is 102 Å². The third-order valence-electron chi connectivity index (χ3n) is 28.0. The Kier molecular flexibility index (Phi) is 33.3. The summed E-state index contributed by atoms with van der Waals surface area (Å²) in [5, 5.41) is 12.7. The molecule has 0 aliphatic rings. The Morgan fingerprint density at radius 2 is 0.537 bits per heavy atom. The number of rotatable bonds is 8. The van der Waals surface area contributed by atoms with Crippen LogP contribution >= 0.6 is 0 Å². The molecule has 0 bridgehead atoms. The molecule has 0 saturated carbocycles. The Morgan fingerprint density at radius 3 is 1.03 bits per heavy atom. The van der Waals surface area contributed by atoms with Gasteiger partial charge in [-0.15, -0.1) is 0 Å². The van der Waals surface area contributed by atoms with E-state index in [9.17, 15) is 0 Å². The lowest BCUT2D eigenvalue weighted by atomic mass is 9.91. The van der Waals surface area contributed by atoms with Gasteiger partial charge in [0, 0.05) is 130 Å². The summed E-state index contributed by atoms with van der Waals surface area (Å²) >= 11 is 0. The van der Waals surface area contributed by atoms with Crippen molar-refractivity contribution in [3.05, 3.63) is 243 Å². The first-order valence-electron chi connectivity index (χ1n) is 48.6. The molecule has 0 fully saturated rings. The van der Waals surface area contributed by atoms with Crippen molar-refractivity contribution in [2.75, 3.05) is 0 Å². The minimum absolute atomic E-state index is 0.464. The fraction of sp³-hybridized carbons (Fsp3) is 0.522. The zero-order valence-electron chi connectivity index (χ0n) is 92.0. The molecular formula is C113H161N21. The van der Waals surface area contributed by atoms with E-state index in [1.54, 1.807) is 0 Å². The molecule has 0 amide bonds. The number of fused-ring (bicyclic) bond motifs is 8. The van der Waals surface area contributed by atoms with Gasteiger partial charge >= 0.3 is 0 Å². The highest BCUT2D eigenvalue weighted by Crippen LogP contribution is 2.38. The summed E-state index contributed by atoms with van der Waals surface area (Å²) in [7, 11) is 0. The summed E-state index contributed by atoms with van der Waals surface area (Å²) in [5.74, 6) is 7.31. The van der Waals surface area contributed by atoms with Crippen LogP contribution in [0.1, 0.15) is 401 Å². The predicted molar refractivity (Wildman–Crippen MR) is 562 cm³/mol. The van der Waals surface area contributed by atoms with E-state index >= 15 is 0 Å². The van der Waals surface area contributed by atoms with Crippen molar-refractivity contribution in [1.82, 2.24) is 102 Å². The quantitative estimate of drug-likeness (QED) is 0.138. The van der Waals surface area contributed by atoms with Gasteiger partial charge in [-0.05, 0) is 384 Å². The van der Waals surface area contributed by atoms with E-state index in [1.807, 2.05) is 50.6 Å². The van der Waals surface area contributed by atoms with E-state index < -0.39 is 0 Å². The molecule has 16 aromatic rings. The molecule has 0 radical (unpaired) electrons. The molecule has 134 heavy (non-hydrogen) atoms. The van der Waals surface area contributed by atoms with Crippen LogP contribution in [0.5, 0.6) is 0 Å². The Morgan fingerprint density at radius 1 is 0.172 bits per heavy atom. The molecule has 16 rings (SSSR count). The minimum Gasteiger partial charge on any atom is -0.302 e.